The quantitative estimate of drug-likeness (QED) is 0.322. The monoisotopic (exact) mass is 379 g/mol. The Balaban J connectivity index is 1.38. The SMILES string of the molecule is O=C(/C=C/c1ccc(CNC(=O)CCCC2CNc3ccccc32)cc1)NO. The summed E-state index contributed by atoms with van der Waals surface area (Å²) in [7, 11) is 0. The summed E-state index contributed by atoms with van der Waals surface area (Å²) in [4.78, 5) is 23.1. The highest BCUT2D eigenvalue weighted by molar-refractivity contribution is 5.90. The molecule has 6 heteroatoms. The number of amides is 2. The summed E-state index contributed by atoms with van der Waals surface area (Å²) in [5, 5.41) is 14.8. The average molecular weight is 379 g/mol. The van der Waals surface area contributed by atoms with Crippen LogP contribution >= 0.6 is 0 Å². The molecule has 0 aromatic heterocycles. The van der Waals surface area contributed by atoms with Gasteiger partial charge in [-0.1, -0.05) is 42.5 Å². The zero-order chi connectivity index (χ0) is 19.8. The van der Waals surface area contributed by atoms with Crippen LogP contribution in [0.5, 0.6) is 0 Å². The molecule has 2 aromatic rings. The van der Waals surface area contributed by atoms with Crippen molar-refractivity contribution < 1.29 is 14.8 Å². The van der Waals surface area contributed by atoms with Crippen molar-refractivity contribution in [2.24, 2.45) is 0 Å². The highest BCUT2D eigenvalue weighted by Crippen LogP contribution is 2.34. The van der Waals surface area contributed by atoms with E-state index in [1.54, 1.807) is 11.6 Å². The molecule has 1 atom stereocenters. The lowest BCUT2D eigenvalue weighted by atomic mass is 9.95. The van der Waals surface area contributed by atoms with Gasteiger partial charge in [0.1, 0.15) is 0 Å². The van der Waals surface area contributed by atoms with E-state index in [9.17, 15) is 9.59 Å². The van der Waals surface area contributed by atoms with Gasteiger partial charge in [0.05, 0.1) is 0 Å². The van der Waals surface area contributed by atoms with Crippen LogP contribution in [0, 0.1) is 0 Å². The van der Waals surface area contributed by atoms with Gasteiger partial charge in [0.25, 0.3) is 5.91 Å². The number of benzene rings is 2. The number of hydrogen-bond donors (Lipinski definition) is 4. The number of hydrogen-bond acceptors (Lipinski definition) is 4. The van der Waals surface area contributed by atoms with Crippen molar-refractivity contribution in [1.82, 2.24) is 10.8 Å². The van der Waals surface area contributed by atoms with Gasteiger partial charge in [-0.2, -0.15) is 0 Å². The van der Waals surface area contributed by atoms with Crippen LogP contribution in [-0.4, -0.2) is 23.6 Å². The Kier molecular flexibility index (Phi) is 6.81. The van der Waals surface area contributed by atoms with E-state index >= 15 is 0 Å². The summed E-state index contributed by atoms with van der Waals surface area (Å²) in [6.45, 7) is 1.43. The Morgan fingerprint density at radius 2 is 1.93 bits per heavy atom. The van der Waals surface area contributed by atoms with E-state index < -0.39 is 5.91 Å². The van der Waals surface area contributed by atoms with E-state index in [2.05, 4.69) is 28.8 Å². The summed E-state index contributed by atoms with van der Waals surface area (Å²) < 4.78 is 0. The average Bonchev–Trinajstić information content (AvgIpc) is 3.14. The molecule has 0 aliphatic carbocycles. The third-order valence-corrected chi connectivity index (χ3v) is 4.90. The molecule has 0 radical (unpaired) electrons. The third kappa shape index (κ3) is 5.44. The maximum absolute atomic E-state index is 12.1. The first-order valence-electron chi connectivity index (χ1n) is 9.46. The highest BCUT2D eigenvalue weighted by atomic mass is 16.5. The van der Waals surface area contributed by atoms with E-state index in [0.29, 0.717) is 18.9 Å². The third-order valence-electron chi connectivity index (χ3n) is 4.90. The Morgan fingerprint density at radius 1 is 1.14 bits per heavy atom. The predicted octanol–water partition coefficient (Wildman–Crippen LogP) is 3.20. The number of rotatable bonds is 8. The summed E-state index contributed by atoms with van der Waals surface area (Å²) in [6, 6.07) is 15.9. The fourth-order valence-corrected chi connectivity index (χ4v) is 3.37. The molecule has 3 rings (SSSR count). The van der Waals surface area contributed by atoms with Crippen molar-refractivity contribution in [3.63, 3.8) is 0 Å². The summed E-state index contributed by atoms with van der Waals surface area (Å²) in [6.07, 6.45) is 5.23. The van der Waals surface area contributed by atoms with E-state index in [1.165, 1.54) is 17.3 Å². The van der Waals surface area contributed by atoms with Crippen LogP contribution < -0.4 is 16.1 Å². The molecule has 0 fully saturated rings. The van der Waals surface area contributed by atoms with Crippen LogP contribution in [0.3, 0.4) is 0 Å². The number of nitrogens with one attached hydrogen (secondary N) is 3. The van der Waals surface area contributed by atoms with Crippen LogP contribution in [0.4, 0.5) is 5.69 Å². The molecule has 28 heavy (non-hydrogen) atoms. The summed E-state index contributed by atoms with van der Waals surface area (Å²) in [5.41, 5.74) is 5.94. The van der Waals surface area contributed by atoms with Crippen LogP contribution in [0.2, 0.25) is 0 Å². The number of hydroxylamine groups is 1. The molecule has 0 spiro atoms. The molecule has 2 amide bonds. The fraction of sp³-hybridized carbons (Fsp3) is 0.273. The van der Waals surface area contributed by atoms with E-state index in [4.69, 9.17) is 5.21 Å². The summed E-state index contributed by atoms with van der Waals surface area (Å²) in [5.74, 6) is -0.0337. The second kappa shape index (κ2) is 9.71. The van der Waals surface area contributed by atoms with Crippen molar-refractivity contribution >= 4 is 23.6 Å². The van der Waals surface area contributed by atoms with Crippen LogP contribution in [0.1, 0.15) is 41.9 Å². The number of fused-ring (bicyclic) bond motifs is 1. The van der Waals surface area contributed by atoms with Crippen molar-refractivity contribution in [2.75, 3.05) is 11.9 Å². The first kappa shape index (κ1) is 19.6. The van der Waals surface area contributed by atoms with Crippen molar-refractivity contribution in [3.8, 4) is 0 Å². The predicted molar refractivity (Wildman–Crippen MR) is 109 cm³/mol. The lowest BCUT2D eigenvalue weighted by Crippen LogP contribution is -2.22. The fourth-order valence-electron chi connectivity index (χ4n) is 3.37. The molecule has 146 valence electrons. The zero-order valence-electron chi connectivity index (χ0n) is 15.7. The summed E-state index contributed by atoms with van der Waals surface area (Å²) >= 11 is 0. The first-order chi connectivity index (χ1) is 13.7. The zero-order valence-corrected chi connectivity index (χ0v) is 15.7. The Hall–Kier alpha value is -3.12. The topological polar surface area (TPSA) is 90.5 Å². The minimum atomic E-state index is -0.576. The smallest absolute Gasteiger partial charge is 0.267 e. The van der Waals surface area contributed by atoms with Gasteiger partial charge in [-0.15, -0.1) is 0 Å². The van der Waals surface area contributed by atoms with E-state index in [1.807, 2.05) is 30.3 Å². The Labute approximate surface area is 164 Å². The largest absolute Gasteiger partial charge is 0.384 e. The molecule has 4 N–H and O–H groups in total. The van der Waals surface area contributed by atoms with Crippen molar-refractivity contribution in [3.05, 3.63) is 71.3 Å². The lowest BCUT2D eigenvalue weighted by molar-refractivity contribution is -0.124. The molecule has 1 aliphatic rings. The molecule has 1 aliphatic heterocycles. The van der Waals surface area contributed by atoms with Crippen molar-refractivity contribution in [2.45, 2.75) is 31.7 Å². The number of para-hydroxylation sites is 1. The maximum Gasteiger partial charge on any atom is 0.267 e. The van der Waals surface area contributed by atoms with Crippen LogP contribution in [-0.2, 0) is 16.1 Å². The molecule has 0 saturated carbocycles. The molecule has 1 heterocycles. The number of carbonyl (C=O) groups excluding carboxylic acids is 2. The first-order valence-corrected chi connectivity index (χ1v) is 9.46. The van der Waals surface area contributed by atoms with Gasteiger partial charge >= 0.3 is 0 Å². The normalized spacial score (nSPS) is 15.1. The van der Waals surface area contributed by atoms with Crippen LogP contribution in [0.25, 0.3) is 6.08 Å². The van der Waals surface area contributed by atoms with Crippen molar-refractivity contribution in [1.29, 1.82) is 0 Å². The standard InChI is InChI=1S/C22H25N3O3/c26-21(7-3-4-18-15-23-20-6-2-1-5-19(18)20)24-14-17-10-8-16(9-11-17)12-13-22(27)25-28/h1-2,5-6,8-13,18,23,28H,3-4,7,14-15H2,(H,24,26)(H,25,27)/b13-12+. The van der Waals surface area contributed by atoms with Gasteiger partial charge in [0, 0.05) is 37.2 Å². The van der Waals surface area contributed by atoms with Crippen LogP contribution in [0.15, 0.2) is 54.6 Å². The van der Waals surface area contributed by atoms with Gasteiger partial charge in [-0.25, -0.2) is 5.48 Å². The lowest BCUT2D eigenvalue weighted by Gasteiger charge is -2.10. The molecule has 0 saturated heterocycles. The van der Waals surface area contributed by atoms with Gasteiger partial charge in [0.15, 0.2) is 0 Å². The molecular formula is C22H25N3O3. The minimum Gasteiger partial charge on any atom is -0.384 e. The van der Waals surface area contributed by atoms with Gasteiger partial charge in [-0.3, -0.25) is 14.8 Å². The number of anilines is 1. The molecule has 1 unspecified atom stereocenters. The maximum atomic E-state index is 12.1. The number of carbonyl (C=O) groups is 2. The van der Waals surface area contributed by atoms with E-state index in [0.717, 1.165) is 30.5 Å². The minimum absolute atomic E-state index is 0.0582. The molecule has 2 aromatic carbocycles. The highest BCUT2D eigenvalue weighted by Gasteiger charge is 2.21. The van der Waals surface area contributed by atoms with Gasteiger partial charge < -0.3 is 10.6 Å². The Bertz CT molecular complexity index is 846. The van der Waals surface area contributed by atoms with Gasteiger partial charge in [0.2, 0.25) is 5.91 Å². The molecule has 6 nitrogen and oxygen atoms in total. The second-order valence-electron chi connectivity index (χ2n) is 6.89. The molecule has 0 bridgehead atoms. The van der Waals surface area contributed by atoms with Gasteiger partial charge in [-0.05, 0) is 41.7 Å². The molecular weight excluding hydrogens is 354 g/mol. The van der Waals surface area contributed by atoms with E-state index in [-0.39, 0.29) is 5.91 Å². The second-order valence-corrected chi connectivity index (χ2v) is 6.89. The Morgan fingerprint density at radius 3 is 2.71 bits per heavy atom.